The molecule has 0 bridgehead atoms. The van der Waals surface area contributed by atoms with Crippen LogP contribution in [-0.2, 0) is 36.1 Å². The second kappa shape index (κ2) is 11.2. The van der Waals surface area contributed by atoms with Crippen LogP contribution in [-0.4, -0.2) is 52.7 Å². The van der Waals surface area contributed by atoms with Crippen LogP contribution in [0.3, 0.4) is 0 Å². The average Bonchev–Trinajstić information content (AvgIpc) is 3.18. The molecule has 1 saturated heterocycles. The summed E-state index contributed by atoms with van der Waals surface area (Å²) in [6, 6.07) is 14.3. The number of anilines is 1. The van der Waals surface area contributed by atoms with Crippen LogP contribution < -0.4 is 14.8 Å². The lowest BCUT2D eigenvalue weighted by atomic mass is 10.1. The van der Waals surface area contributed by atoms with E-state index in [0.717, 1.165) is 9.21 Å². The molecule has 0 spiro atoms. The first kappa shape index (κ1) is 29.0. The van der Waals surface area contributed by atoms with Crippen molar-refractivity contribution in [2.75, 3.05) is 18.6 Å². The standard InChI is InChI=1S/C25H23Cl2N3O7S2/c1-37-19-7-5-18(6-8-19)30-24(31)15-22(25(30)32)29(39(35,36)23-14-17(26)4-11-21(23)27)13-12-16-2-9-20(10-3-16)38(28,33)34/h2-11,14,22H,12-13,15H2,1H3,(H2,28,33,34). The minimum atomic E-state index is -4.43. The van der Waals surface area contributed by atoms with Gasteiger partial charge in [0.05, 0.1) is 29.1 Å². The molecular formula is C25H23Cl2N3O7S2. The van der Waals surface area contributed by atoms with Gasteiger partial charge in [0.15, 0.2) is 0 Å². The van der Waals surface area contributed by atoms with Gasteiger partial charge in [0.2, 0.25) is 26.0 Å². The molecule has 2 N–H and O–H groups in total. The van der Waals surface area contributed by atoms with E-state index in [-0.39, 0.29) is 38.5 Å². The SMILES string of the molecule is COc1ccc(N2C(=O)CC(N(CCc3ccc(S(N)(=O)=O)cc3)S(=O)(=O)c3cc(Cl)ccc3Cl)C2=O)cc1. The zero-order valence-electron chi connectivity index (χ0n) is 20.5. The van der Waals surface area contributed by atoms with Crippen LogP contribution >= 0.6 is 23.2 Å². The molecule has 1 aliphatic rings. The number of ether oxygens (including phenoxy) is 1. The maximum atomic E-state index is 13.9. The van der Waals surface area contributed by atoms with E-state index in [9.17, 15) is 26.4 Å². The number of amides is 2. The Hall–Kier alpha value is -3.00. The van der Waals surface area contributed by atoms with Crippen LogP contribution in [0, 0.1) is 0 Å². The summed E-state index contributed by atoms with van der Waals surface area (Å²) in [6.07, 6.45) is -0.310. The summed E-state index contributed by atoms with van der Waals surface area (Å²) in [5, 5.41) is 5.16. The Morgan fingerprint density at radius 2 is 1.62 bits per heavy atom. The van der Waals surface area contributed by atoms with Crippen molar-refractivity contribution in [3.8, 4) is 5.75 Å². The third-order valence-electron chi connectivity index (χ3n) is 6.15. The van der Waals surface area contributed by atoms with E-state index < -0.39 is 44.3 Å². The molecule has 1 unspecified atom stereocenters. The topological polar surface area (TPSA) is 144 Å². The number of sulfonamides is 2. The Bertz CT molecular complexity index is 1630. The van der Waals surface area contributed by atoms with Crippen LogP contribution in [0.5, 0.6) is 5.75 Å². The Morgan fingerprint density at radius 1 is 0.974 bits per heavy atom. The summed E-state index contributed by atoms with van der Waals surface area (Å²) >= 11 is 12.3. The number of nitrogens with zero attached hydrogens (tertiary/aromatic N) is 2. The molecule has 0 saturated carbocycles. The van der Waals surface area contributed by atoms with Gasteiger partial charge in [-0.1, -0.05) is 35.3 Å². The fraction of sp³-hybridized carbons (Fsp3) is 0.200. The largest absolute Gasteiger partial charge is 0.497 e. The highest BCUT2D eigenvalue weighted by molar-refractivity contribution is 7.89. The van der Waals surface area contributed by atoms with Crippen LogP contribution in [0.1, 0.15) is 12.0 Å². The summed E-state index contributed by atoms with van der Waals surface area (Å²) in [5.74, 6) is -0.788. The Balaban J connectivity index is 1.70. The number of carbonyl (C=O) groups is 2. The maximum Gasteiger partial charge on any atom is 0.252 e. The van der Waals surface area contributed by atoms with Crippen molar-refractivity contribution in [3.63, 3.8) is 0 Å². The molecule has 3 aromatic rings. The van der Waals surface area contributed by atoms with Crippen molar-refractivity contribution in [2.45, 2.75) is 28.7 Å². The minimum absolute atomic E-state index is 0.0861. The predicted molar refractivity (Wildman–Crippen MR) is 146 cm³/mol. The van der Waals surface area contributed by atoms with Crippen LogP contribution in [0.25, 0.3) is 0 Å². The molecular weight excluding hydrogens is 589 g/mol. The van der Waals surface area contributed by atoms with E-state index in [1.165, 1.54) is 61.7 Å². The van der Waals surface area contributed by atoms with Crippen molar-refractivity contribution < 1.29 is 31.2 Å². The number of hydrogen-bond donors (Lipinski definition) is 1. The highest BCUT2D eigenvalue weighted by Gasteiger charge is 2.47. The molecule has 39 heavy (non-hydrogen) atoms. The monoisotopic (exact) mass is 611 g/mol. The lowest BCUT2D eigenvalue weighted by Crippen LogP contribution is -2.46. The highest BCUT2D eigenvalue weighted by atomic mass is 35.5. The fourth-order valence-corrected chi connectivity index (χ4v) is 7.01. The first-order valence-electron chi connectivity index (χ1n) is 11.4. The quantitative estimate of drug-likeness (QED) is 0.366. The summed E-state index contributed by atoms with van der Waals surface area (Å²) < 4.78 is 56.9. The molecule has 206 valence electrons. The molecule has 1 atom stereocenters. The molecule has 0 aliphatic carbocycles. The number of carbonyl (C=O) groups excluding carboxylic acids is 2. The molecule has 1 fully saturated rings. The predicted octanol–water partition coefficient (Wildman–Crippen LogP) is 3.21. The minimum Gasteiger partial charge on any atom is -0.497 e. The van der Waals surface area contributed by atoms with E-state index >= 15 is 0 Å². The lowest BCUT2D eigenvalue weighted by molar-refractivity contribution is -0.122. The van der Waals surface area contributed by atoms with Crippen LogP contribution in [0.15, 0.2) is 76.5 Å². The first-order valence-corrected chi connectivity index (χ1v) is 15.2. The van der Waals surface area contributed by atoms with Crippen molar-refractivity contribution >= 4 is 60.8 Å². The summed E-state index contributed by atoms with van der Waals surface area (Å²) in [7, 11) is -6.87. The molecule has 1 heterocycles. The van der Waals surface area contributed by atoms with Crippen LogP contribution in [0.4, 0.5) is 5.69 Å². The molecule has 4 rings (SSSR count). The molecule has 2 amide bonds. The lowest BCUT2D eigenvalue weighted by Gasteiger charge is -2.27. The van der Waals surface area contributed by atoms with E-state index in [2.05, 4.69) is 0 Å². The zero-order chi connectivity index (χ0) is 28.5. The molecule has 1 aliphatic heterocycles. The Kier molecular flexibility index (Phi) is 8.36. The molecule has 0 radical (unpaired) electrons. The second-order valence-electron chi connectivity index (χ2n) is 8.61. The smallest absolute Gasteiger partial charge is 0.252 e. The van der Waals surface area contributed by atoms with Crippen LogP contribution in [0.2, 0.25) is 10.0 Å². The number of nitrogens with two attached hydrogens (primary N) is 1. The third kappa shape index (κ3) is 6.11. The highest BCUT2D eigenvalue weighted by Crippen LogP contribution is 2.33. The van der Waals surface area contributed by atoms with Gasteiger partial charge in [-0.3, -0.25) is 9.59 Å². The molecule has 14 heteroatoms. The van der Waals surface area contributed by atoms with Gasteiger partial charge in [0, 0.05) is 11.6 Å². The van der Waals surface area contributed by atoms with Gasteiger partial charge < -0.3 is 4.74 Å². The van der Waals surface area contributed by atoms with Crippen molar-refractivity contribution in [3.05, 3.63) is 82.3 Å². The maximum absolute atomic E-state index is 13.9. The van der Waals surface area contributed by atoms with E-state index in [4.69, 9.17) is 33.1 Å². The molecule has 3 aromatic carbocycles. The number of imide groups is 1. The van der Waals surface area contributed by atoms with Gasteiger partial charge >= 0.3 is 0 Å². The van der Waals surface area contributed by atoms with E-state index in [0.29, 0.717) is 11.3 Å². The number of methoxy groups -OCH3 is 1. The van der Waals surface area contributed by atoms with Crippen molar-refractivity contribution in [1.82, 2.24) is 4.31 Å². The number of halogens is 2. The van der Waals surface area contributed by atoms with Gasteiger partial charge in [-0.25, -0.2) is 26.9 Å². The van der Waals surface area contributed by atoms with Gasteiger partial charge in [0.25, 0.3) is 5.91 Å². The average molecular weight is 613 g/mol. The third-order valence-corrected chi connectivity index (χ3v) is 9.71. The van der Waals surface area contributed by atoms with E-state index in [1.807, 2.05) is 0 Å². The number of benzene rings is 3. The van der Waals surface area contributed by atoms with Crippen molar-refractivity contribution in [2.24, 2.45) is 5.14 Å². The normalized spacial score (nSPS) is 16.2. The van der Waals surface area contributed by atoms with Gasteiger partial charge in [0.1, 0.15) is 16.7 Å². The second-order valence-corrected chi connectivity index (χ2v) is 12.9. The number of hydrogen-bond acceptors (Lipinski definition) is 7. The number of primary sulfonamides is 1. The Morgan fingerprint density at radius 3 is 2.21 bits per heavy atom. The Labute approximate surface area is 236 Å². The first-order chi connectivity index (χ1) is 18.3. The molecule has 10 nitrogen and oxygen atoms in total. The van der Waals surface area contributed by atoms with E-state index in [1.54, 1.807) is 12.1 Å². The van der Waals surface area contributed by atoms with Gasteiger partial charge in [-0.2, -0.15) is 4.31 Å². The fourth-order valence-electron chi connectivity index (χ4n) is 4.17. The zero-order valence-corrected chi connectivity index (χ0v) is 23.6. The molecule has 0 aromatic heterocycles. The van der Waals surface area contributed by atoms with Gasteiger partial charge in [-0.05, 0) is 66.6 Å². The number of rotatable bonds is 9. The summed E-state index contributed by atoms with van der Waals surface area (Å²) in [5.41, 5.74) is 0.841. The van der Waals surface area contributed by atoms with Crippen molar-refractivity contribution in [1.29, 1.82) is 0 Å². The van der Waals surface area contributed by atoms with Gasteiger partial charge in [-0.15, -0.1) is 0 Å². The summed E-state index contributed by atoms with van der Waals surface area (Å²) in [4.78, 5) is 27.0. The summed E-state index contributed by atoms with van der Waals surface area (Å²) in [6.45, 7) is -0.222.